The van der Waals surface area contributed by atoms with Gasteiger partial charge in [0.2, 0.25) is 0 Å². The fraction of sp³-hybridized carbons (Fsp3) is 0.667. The molecule has 0 N–H and O–H groups in total. The van der Waals surface area contributed by atoms with Crippen molar-refractivity contribution < 1.29 is 4.79 Å². The molecule has 0 bridgehead atoms. The van der Waals surface area contributed by atoms with Crippen LogP contribution in [0.1, 0.15) is 20.3 Å². The van der Waals surface area contributed by atoms with E-state index in [2.05, 4.69) is 10.2 Å². The van der Waals surface area contributed by atoms with Crippen LogP contribution >= 0.6 is 34.9 Å². The van der Waals surface area contributed by atoms with Crippen LogP contribution in [0, 0.1) is 5.92 Å². The fourth-order valence-electron chi connectivity index (χ4n) is 0.841. The lowest BCUT2D eigenvalue weighted by Gasteiger charge is -2.04. The second kappa shape index (κ2) is 6.50. The molecular weight excluding hydrogens is 248 g/mol. The van der Waals surface area contributed by atoms with Crippen molar-refractivity contribution in [1.29, 1.82) is 0 Å². The monoisotopic (exact) mass is 262 g/mol. The first-order valence-corrected chi connectivity index (χ1v) is 7.73. The Labute approximate surface area is 102 Å². The number of ketones is 1. The van der Waals surface area contributed by atoms with Gasteiger partial charge in [-0.1, -0.05) is 48.7 Å². The summed E-state index contributed by atoms with van der Waals surface area (Å²) in [7, 11) is 0. The first kappa shape index (κ1) is 13.0. The molecular formula is C9H14N2OS3. The highest BCUT2D eigenvalue weighted by Gasteiger charge is 2.12. The average Bonchev–Trinajstić information content (AvgIpc) is 2.72. The highest BCUT2D eigenvalue weighted by molar-refractivity contribution is 8.03. The van der Waals surface area contributed by atoms with Gasteiger partial charge in [0.15, 0.2) is 8.68 Å². The molecule has 0 aromatic carbocycles. The molecule has 1 rings (SSSR count). The normalized spacial score (nSPS) is 12.7. The minimum atomic E-state index is 0.158. The predicted octanol–water partition coefficient (Wildman–Crippen LogP) is 2.97. The van der Waals surface area contributed by atoms with Crippen LogP contribution in [-0.4, -0.2) is 28.0 Å². The van der Waals surface area contributed by atoms with Crippen molar-refractivity contribution in [3.8, 4) is 0 Å². The van der Waals surface area contributed by atoms with Gasteiger partial charge in [0.1, 0.15) is 5.78 Å². The Hall–Kier alpha value is -0.0700. The Morgan fingerprint density at radius 2 is 2.13 bits per heavy atom. The standard InChI is InChI=1S/C9H14N2OS3/c1-4-6(2)7(12)5-14-9-11-10-8(13-3)15-9/h6H,4-5H2,1-3H3. The Kier molecular flexibility index (Phi) is 5.63. The number of rotatable bonds is 6. The molecule has 15 heavy (non-hydrogen) atoms. The summed E-state index contributed by atoms with van der Waals surface area (Å²) in [5, 5.41) is 7.98. The molecule has 1 aromatic heterocycles. The summed E-state index contributed by atoms with van der Waals surface area (Å²) in [6.45, 7) is 4.00. The molecule has 1 unspecified atom stereocenters. The predicted molar refractivity (Wildman–Crippen MR) is 66.9 cm³/mol. The molecule has 0 spiro atoms. The maximum Gasteiger partial charge on any atom is 0.175 e. The van der Waals surface area contributed by atoms with Crippen LogP contribution in [0.15, 0.2) is 8.68 Å². The molecule has 0 saturated heterocycles. The third kappa shape index (κ3) is 4.12. The van der Waals surface area contributed by atoms with E-state index in [0.29, 0.717) is 11.5 Å². The topological polar surface area (TPSA) is 42.9 Å². The Morgan fingerprint density at radius 3 is 2.67 bits per heavy atom. The molecule has 0 fully saturated rings. The van der Waals surface area contributed by atoms with Gasteiger partial charge in [-0.25, -0.2) is 0 Å². The van der Waals surface area contributed by atoms with E-state index in [1.54, 1.807) is 23.1 Å². The molecule has 1 heterocycles. The fourth-order valence-corrected chi connectivity index (χ4v) is 3.30. The molecule has 0 saturated carbocycles. The molecule has 1 atom stereocenters. The van der Waals surface area contributed by atoms with Crippen LogP contribution in [0.25, 0.3) is 0 Å². The van der Waals surface area contributed by atoms with Gasteiger partial charge in [-0.15, -0.1) is 10.2 Å². The molecule has 0 aliphatic carbocycles. The molecule has 0 aliphatic heterocycles. The van der Waals surface area contributed by atoms with Crippen molar-refractivity contribution in [3.63, 3.8) is 0 Å². The number of Topliss-reactive ketones (excluding diaryl/α,β-unsaturated/α-hetero) is 1. The molecule has 6 heteroatoms. The van der Waals surface area contributed by atoms with Crippen LogP contribution in [0.2, 0.25) is 0 Å². The maximum atomic E-state index is 11.6. The lowest BCUT2D eigenvalue weighted by Crippen LogP contribution is -2.11. The van der Waals surface area contributed by atoms with Gasteiger partial charge < -0.3 is 0 Å². The molecule has 1 aromatic rings. The molecule has 3 nitrogen and oxygen atoms in total. The highest BCUT2D eigenvalue weighted by Crippen LogP contribution is 2.27. The third-order valence-electron chi connectivity index (χ3n) is 2.06. The van der Waals surface area contributed by atoms with Crippen LogP contribution in [-0.2, 0) is 4.79 Å². The van der Waals surface area contributed by atoms with Gasteiger partial charge in [0.25, 0.3) is 0 Å². The molecule has 0 aliphatic rings. The highest BCUT2D eigenvalue weighted by atomic mass is 32.2. The van der Waals surface area contributed by atoms with Gasteiger partial charge in [-0.2, -0.15) is 0 Å². The quantitative estimate of drug-likeness (QED) is 0.737. The average molecular weight is 262 g/mol. The number of hydrogen-bond acceptors (Lipinski definition) is 6. The van der Waals surface area contributed by atoms with Crippen molar-refractivity contribution >= 4 is 40.6 Å². The number of nitrogens with zero attached hydrogens (tertiary/aromatic N) is 2. The minimum Gasteiger partial charge on any atom is -0.298 e. The smallest absolute Gasteiger partial charge is 0.175 e. The van der Waals surface area contributed by atoms with Crippen molar-refractivity contribution in [2.24, 2.45) is 5.92 Å². The Bertz CT molecular complexity index is 327. The van der Waals surface area contributed by atoms with E-state index < -0.39 is 0 Å². The van der Waals surface area contributed by atoms with Crippen molar-refractivity contribution in [2.75, 3.05) is 12.0 Å². The van der Waals surface area contributed by atoms with E-state index in [4.69, 9.17) is 0 Å². The van der Waals surface area contributed by atoms with E-state index in [-0.39, 0.29) is 5.92 Å². The van der Waals surface area contributed by atoms with E-state index >= 15 is 0 Å². The summed E-state index contributed by atoms with van der Waals surface area (Å²) in [5.74, 6) is 0.965. The minimum absolute atomic E-state index is 0.158. The van der Waals surface area contributed by atoms with E-state index in [9.17, 15) is 4.79 Å². The van der Waals surface area contributed by atoms with Gasteiger partial charge >= 0.3 is 0 Å². The zero-order chi connectivity index (χ0) is 11.3. The second-order valence-corrected chi connectivity index (χ2v) is 6.36. The van der Waals surface area contributed by atoms with Crippen LogP contribution in [0.5, 0.6) is 0 Å². The maximum absolute atomic E-state index is 11.6. The zero-order valence-electron chi connectivity index (χ0n) is 9.02. The summed E-state index contributed by atoms with van der Waals surface area (Å²) in [4.78, 5) is 11.6. The van der Waals surface area contributed by atoms with Gasteiger partial charge in [0, 0.05) is 5.92 Å². The summed E-state index contributed by atoms with van der Waals surface area (Å²) in [5.41, 5.74) is 0. The van der Waals surface area contributed by atoms with Crippen molar-refractivity contribution in [3.05, 3.63) is 0 Å². The molecule has 0 radical (unpaired) electrons. The van der Waals surface area contributed by atoms with Crippen LogP contribution < -0.4 is 0 Å². The Morgan fingerprint density at radius 1 is 1.47 bits per heavy atom. The summed E-state index contributed by atoms with van der Waals surface area (Å²) >= 11 is 4.62. The van der Waals surface area contributed by atoms with Gasteiger partial charge in [0.05, 0.1) is 5.75 Å². The van der Waals surface area contributed by atoms with Crippen molar-refractivity contribution in [1.82, 2.24) is 10.2 Å². The van der Waals surface area contributed by atoms with Crippen molar-refractivity contribution in [2.45, 2.75) is 28.9 Å². The van der Waals surface area contributed by atoms with Gasteiger partial charge in [-0.05, 0) is 12.7 Å². The van der Waals surface area contributed by atoms with E-state index in [0.717, 1.165) is 15.1 Å². The van der Waals surface area contributed by atoms with E-state index in [1.165, 1.54) is 11.8 Å². The van der Waals surface area contributed by atoms with Crippen LogP contribution in [0.3, 0.4) is 0 Å². The second-order valence-electron chi connectivity index (χ2n) is 3.10. The third-order valence-corrected chi connectivity index (χ3v) is 5.12. The zero-order valence-corrected chi connectivity index (χ0v) is 11.5. The summed E-state index contributed by atoms with van der Waals surface area (Å²) in [6, 6.07) is 0. The lowest BCUT2D eigenvalue weighted by atomic mass is 10.1. The largest absolute Gasteiger partial charge is 0.298 e. The number of thioether (sulfide) groups is 2. The first-order valence-electron chi connectivity index (χ1n) is 4.70. The van der Waals surface area contributed by atoms with E-state index in [1.807, 2.05) is 20.1 Å². The Balaban J connectivity index is 2.40. The van der Waals surface area contributed by atoms with Gasteiger partial charge in [-0.3, -0.25) is 4.79 Å². The lowest BCUT2D eigenvalue weighted by molar-refractivity contribution is -0.119. The number of hydrogen-bond donors (Lipinski definition) is 0. The summed E-state index contributed by atoms with van der Waals surface area (Å²) in [6.07, 6.45) is 2.88. The van der Waals surface area contributed by atoms with Crippen LogP contribution in [0.4, 0.5) is 0 Å². The number of carbonyl (C=O) groups excluding carboxylic acids is 1. The number of aromatic nitrogens is 2. The number of carbonyl (C=O) groups is 1. The molecule has 0 amide bonds. The summed E-state index contributed by atoms with van der Waals surface area (Å²) < 4.78 is 1.84. The molecule has 84 valence electrons. The first-order chi connectivity index (χ1) is 7.17. The SMILES string of the molecule is CCC(C)C(=O)CSc1nnc(SC)s1.